The summed E-state index contributed by atoms with van der Waals surface area (Å²) in [6.07, 6.45) is 0. The van der Waals surface area contributed by atoms with Gasteiger partial charge in [0.25, 0.3) is 11.6 Å². The maximum Gasteiger partial charge on any atom is 0.271 e. The summed E-state index contributed by atoms with van der Waals surface area (Å²) >= 11 is 0. The van der Waals surface area contributed by atoms with Gasteiger partial charge in [-0.2, -0.15) is 0 Å². The number of carbonyl (C=O) groups is 2. The van der Waals surface area contributed by atoms with Crippen molar-refractivity contribution in [3.05, 3.63) is 64.2 Å². The van der Waals surface area contributed by atoms with E-state index in [1.165, 1.54) is 25.3 Å². The number of ether oxygens (including phenoxy) is 1. The van der Waals surface area contributed by atoms with Crippen LogP contribution in [0.3, 0.4) is 0 Å². The van der Waals surface area contributed by atoms with Crippen molar-refractivity contribution < 1.29 is 19.2 Å². The monoisotopic (exact) mass is 371 g/mol. The third-order valence-electron chi connectivity index (χ3n) is 3.92. The molecular formula is C19H21N3O5. The number of carbonyl (C=O) groups excluding carboxylic acids is 2. The van der Waals surface area contributed by atoms with Gasteiger partial charge in [-0.3, -0.25) is 19.7 Å². The van der Waals surface area contributed by atoms with Gasteiger partial charge in [-0.25, -0.2) is 0 Å². The number of hydrogen-bond donors (Lipinski definition) is 2. The van der Waals surface area contributed by atoms with E-state index in [0.29, 0.717) is 5.56 Å². The van der Waals surface area contributed by atoms with Crippen LogP contribution in [0.4, 0.5) is 11.4 Å². The molecule has 2 aromatic rings. The number of anilines is 1. The number of methoxy groups -OCH3 is 1. The van der Waals surface area contributed by atoms with E-state index < -0.39 is 16.9 Å². The predicted octanol–water partition coefficient (Wildman–Crippen LogP) is 3.00. The van der Waals surface area contributed by atoms with E-state index in [4.69, 9.17) is 4.74 Å². The Balaban J connectivity index is 2.21. The third-order valence-corrected chi connectivity index (χ3v) is 3.92. The highest BCUT2D eigenvalue weighted by Crippen LogP contribution is 2.29. The van der Waals surface area contributed by atoms with Gasteiger partial charge >= 0.3 is 0 Å². The minimum Gasteiger partial charge on any atom is -0.495 e. The van der Waals surface area contributed by atoms with Crippen LogP contribution in [0.15, 0.2) is 48.5 Å². The van der Waals surface area contributed by atoms with Crippen molar-refractivity contribution in [2.24, 2.45) is 5.92 Å². The smallest absolute Gasteiger partial charge is 0.271 e. The van der Waals surface area contributed by atoms with Crippen LogP contribution in [0, 0.1) is 16.0 Å². The fourth-order valence-electron chi connectivity index (χ4n) is 2.47. The standard InChI is InChI=1S/C19H21N3O5/c1-12(2)17(21-18(23)13-7-5-4-6-8-13)19(24)20-15-11-14(22(25)26)9-10-16(15)27-3/h4-12,17H,1-3H3,(H,20,24)(H,21,23)/t17-/m0/s1. The zero-order valence-electron chi connectivity index (χ0n) is 15.3. The maximum absolute atomic E-state index is 12.7. The van der Waals surface area contributed by atoms with Crippen LogP contribution < -0.4 is 15.4 Å². The van der Waals surface area contributed by atoms with Gasteiger partial charge in [0.05, 0.1) is 17.7 Å². The number of nitro groups is 1. The summed E-state index contributed by atoms with van der Waals surface area (Å²) in [5.74, 6) is -0.795. The highest BCUT2D eigenvalue weighted by Gasteiger charge is 2.26. The summed E-state index contributed by atoms with van der Waals surface area (Å²) in [5, 5.41) is 16.3. The van der Waals surface area contributed by atoms with E-state index in [0.717, 1.165) is 0 Å². The first kappa shape index (κ1) is 19.9. The lowest BCUT2D eigenvalue weighted by Gasteiger charge is -2.22. The number of nitro benzene ring substituents is 1. The van der Waals surface area contributed by atoms with E-state index in [-0.39, 0.29) is 28.9 Å². The molecule has 0 spiro atoms. The first-order chi connectivity index (χ1) is 12.8. The highest BCUT2D eigenvalue weighted by atomic mass is 16.6. The molecule has 0 aliphatic heterocycles. The fraction of sp³-hybridized carbons (Fsp3) is 0.263. The molecule has 0 aliphatic rings. The molecule has 142 valence electrons. The van der Waals surface area contributed by atoms with Gasteiger partial charge in [-0.1, -0.05) is 32.0 Å². The van der Waals surface area contributed by atoms with Gasteiger partial charge in [-0.15, -0.1) is 0 Å². The molecule has 2 amide bonds. The number of nitrogens with zero attached hydrogens (tertiary/aromatic N) is 1. The molecule has 0 saturated heterocycles. The van der Waals surface area contributed by atoms with Gasteiger partial charge in [0.1, 0.15) is 11.8 Å². The summed E-state index contributed by atoms with van der Waals surface area (Å²) in [6.45, 7) is 3.58. The number of rotatable bonds is 7. The van der Waals surface area contributed by atoms with Gasteiger partial charge in [0.15, 0.2) is 0 Å². The second-order valence-corrected chi connectivity index (χ2v) is 6.19. The lowest BCUT2D eigenvalue weighted by atomic mass is 10.0. The SMILES string of the molecule is COc1ccc([N+](=O)[O-])cc1NC(=O)[C@@H](NC(=O)c1ccccc1)C(C)C. The van der Waals surface area contributed by atoms with Crippen molar-refractivity contribution in [2.45, 2.75) is 19.9 Å². The second kappa shape index (κ2) is 8.79. The van der Waals surface area contributed by atoms with Crippen molar-refractivity contribution in [2.75, 3.05) is 12.4 Å². The summed E-state index contributed by atoms with van der Waals surface area (Å²) in [6, 6.07) is 11.6. The summed E-state index contributed by atoms with van der Waals surface area (Å²) in [4.78, 5) is 35.5. The van der Waals surface area contributed by atoms with Crippen LogP contribution in [0.25, 0.3) is 0 Å². The summed E-state index contributed by atoms with van der Waals surface area (Å²) < 4.78 is 5.15. The fourth-order valence-corrected chi connectivity index (χ4v) is 2.47. The Morgan fingerprint density at radius 3 is 2.33 bits per heavy atom. The number of nitrogens with one attached hydrogen (secondary N) is 2. The second-order valence-electron chi connectivity index (χ2n) is 6.19. The van der Waals surface area contributed by atoms with Crippen LogP contribution in [0.1, 0.15) is 24.2 Å². The normalized spacial score (nSPS) is 11.6. The number of non-ortho nitro benzene ring substituents is 1. The number of benzene rings is 2. The Kier molecular flexibility index (Phi) is 6.48. The maximum atomic E-state index is 12.7. The van der Waals surface area contributed by atoms with Crippen molar-refractivity contribution in [3.63, 3.8) is 0 Å². The third kappa shape index (κ3) is 5.04. The zero-order valence-corrected chi connectivity index (χ0v) is 15.3. The van der Waals surface area contributed by atoms with Crippen molar-refractivity contribution >= 4 is 23.2 Å². The van der Waals surface area contributed by atoms with E-state index in [1.54, 1.807) is 44.2 Å². The van der Waals surface area contributed by atoms with Gasteiger partial charge < -0.3 is 15.4 Å². The molecule has 2 N–H and O–H groups in total. The quantitative estimate of drug-likeness (QED) is 0.574. The minimum absolute atomic E-state index is 0.163. The largest absolute Gasteiger partial charge is 0.495 e. The van der Waals surface area contributed by atoms with Crippen LogP contribution in [0.5, 0.6) is 5.75 Å². The van der Waals surface area contributed by atoms with Crippen molar-refractivity contribution in [1.82, 2.24) is 5.32 Å². The molecule has 27 heavy (non-hydrogen) atoms. The molecular weight excluding hydrogens is 350 g/mol. The topological polar surface area (TPSA) is 111 Å². The first-order valence-electron chi connectivity index (χ1n) is 8.32. The van der Waals surface area contributed by atoms with Crippen LogP contribution in [-0.2, 0) is 4.79 Å². The molecule has 2 aromatic carbocycles. The average Bonchev–Trinajstić information content (AvgIpc) is 2.66. The number of hydrogen-bond acceptors (Lipinski definition) is 5. The molecule has 8 nitrogen and oxygen atoms in total. The molecule has 1 atom stereocenters. The highest BCUT2D eigenvalue weighted by molar-refractivity contribution is 6.02. The Hall–Kier alpha value is -3.42. The molecule has 8 heteroatoms. The predicted molar refractivity (Wildman–Crippen MR) is 101 cm³/mol. The molecule has 0 unspecified atom stereocenters. The van der Waals surface area contributed by atoms with E-state index in [9.17, 15) is 19.7 Å². The molecule has 0 fully saturated rings. The van der Waals surface area contributed by atoms with E-state index >= 15 is 0 Å². The lowest BCUT2D eigenvalue weighted by molar-refractivity contribution is -0.384. The Morgan fingerprint density at radius 2 is 1.78 bits per heavy atom. The Morgan fingerprint density at radius 1 is 1.11 bits per heavy atom. The van der Waals surface area contributed by atoms with Crippen LogP contribution >= 0.6 is 0 Å². The molecule has 0 radical (unpaired) electrons. The van der Waals surface area contributed by atoms with Crippen molar-refractivity contribution in [3.8, 4) is 5.75 Å². The minimum atomic E-state index is -0.832. The van der Waals surface area contributed by atoms with Crippen molar-refractivity contribution in [1.29, 1.82) is 0 Å². The van der Waals surface area contributed by atoms with E-state index in [1.807, 2.05) is 0 Å². The van der Waals surface area contributed by atoms with Gasteiger partial charge in [0.2, 0.25) is 5.91 Å². The molecule has 0 bridgehead atoms. The molecule has 0 aromatic heterocycles. The first-order valence-corrected chi connectivity index (χ1v) is 8.32. The molecule has 2 rings (SSSR count). The van der Waals surface area contributed by atoms with Crippen LogP contribution in [0.2, 0.25) is 0 Å². The average molecular weight is 371 g/mol. The Bertz CT molecular complexity index is 836. The van der Waals surface area contributed by atoms with Gasteiger partial charge in [-0.05, 0) is 24.1 Å². The van der Waals surface area contributed by atoms with E-state index in [2.05, 4.69) is 10.6 Å². The Labute approximate surface area is 156 Å². The number of amides is 2. The zero-order chi connectivity index (χ0) is 20.0. The summed E-state index contributed by atoms with van der Waals surface area (Å²) in [5.41, 5.74) is 0.417. The molecule has 0 aliphatic carbocycles. The molecule has 0 heterocycles. The lowest BCUT2D eigenvalue weighted by Crippen LogP contribution is -2.47. The van der Waals surface area contributed by atoms with Gasteiger partial charge in [0, 0.05) is 17.7 Å². The molecule has 0 saturated carbocycles. The summed E-state index contributed by atoms with van der Waals surface area (Å²) in [7, 11) is 1.40. The van der Waals surface area contributed by atoms with Crippen LogP contribution in [-0.4, -0.2) is 29.9 Å².